The molecular formula is C24H27N5OS2. The number of aryl methyl sites for hydroxylation is 2. The second-order valence-electron chi connectivity index (χ2n) is 8.45. The molecular weight excluding hydrogens is 438 g/mol. The average Bonchev–Trinajstić information content (AvgIpc) is 3.46. The second kappa shape index (κ2) is 8.42. The van der Waals surface area contributed by atoms with E-state index in [2.05, 4.69) is 41.3 Å². The van der Waals surface area contributed by atoms with E-state index in [0.717, 1.165) is 46.3 Å². The molecule has 0 fully saturated rings. The molecule has 3 aromatic heterocycles. The van der Waals surface area contributed by atoms with Crippen LogP contribution in [0.25, 0.3) is 20.8 Å². The highest BCUT2D eigenvalue weighted by Gasteiger charge is 2.29. The number of thiophene rings is 1. The third kappa shape index (κ3) is 3.76. The molecule has 1 aromatic carbocycles. The highest BCUT2D eigenvalue weighted by molar-refractivity contribution is 7.23. The quantitative estimate of drug-likeness (QED) is 0.419. The van der Waals surface area contributed by atoms with E-state index < -0.39 is 0 Å². The first-order chi connectivity index (χ1) is 15.4. The minimum atomic E-state index is -0.117. The van der Waals surface area contributed by atoms with Gasteiger partial charge in [-0.05, 0) is 57.9 Å². The molecule has 1 aliphatic heterocycles. The highest BCUT2D eigenvalue weighted by atomic mass is 32.1. The summed E-state index contributed by atoms with van der Waals surface area (Å²) in [5.74, 6) is -0.117. The van der Waals surface area contributed by atoms with Crippen molar-refractivity contribution >= 4 is 43.8 Å². The van der Waals surface area contributed by atoms with E-state index >= 15 is 0 Å². The van der Waals surface area contributed by atoms with E-state index in [1.807, 2.05) is 32.0 Å². The van der Waals surface area contributed by atoms with Gasteiger partial charge in [0.25, 0.3) is 5.91 Å². The van der Waals surface area contributed by atoms with Crippen LogP contribution in [0.5, 0.6) is 0 Å². The Labute approximate surface area is 195 Å². The monoisotopic (exact) mass is 465 g/mol. The predicted octanol–water partition coefficient (Wildman–Crippen LogP) is 5.57. The van der Waals surface area contributed by atoms with E-state index in [9.17, 15) is 4.79 Å². The number of rotatable bonds is 5. The smallest absolute Gasteiger partial charge is 0.274 e. The van der Waals surface area contributed by atoms with Gasteiger partial charge in [-0.25, -0.2) is 4.98 Å². The third-order valence-corrected chi connectivity index (χ3v) is 8.17. The lowest BCUT2D eigenvalue weighted by atomic mass is 10.0. The van der Waals surface area contributed by atoms with Gasteiger partial charge in [-0.3, -0.25) is 14.4 Å². The molecule has 1 aliphatic rings. The maximum absolute atomic E-state index is 13.3. The number of carbonyl (C=O) groups is 1. The van der Waals surface area contributed by atoms with E-state index in [1.54, 1.807) is 27.4 Å². The van der Waals surface area contributed by atoms with Crippen molar-refractivity contribution in [2.45, 2.75) is 53.2 Å². The van der Waals surface area contributed by atoms with Gasteiger partial charge >= 0.3 is 0 Å². The van der Waals surface area contributed by atoms with Crippen LogP contribution in [0.15, 0.2) is 30.3 Å². The standard InChI is InChI=1S/C24H27N5OS2/c1-5-29-18(12-15(4)27-29)22(30)26-24-21(23-25-17-8-6-7-9-19(17)31-23)16-10-11-28(14(2)3)13-20(16)32-24/h6-9,12,14H,5,10-11,13H2,1-4H3,(H,26,30). The summed E-state index contributed by atoms with van der Waals surface area (Å²) in [5, 5.41) is 9.54. The molecule has 1 N–H and O–H groups in total. The van der Waals surface area contributed by atoms with Crippen LogP contribution in [0.1, 0.15) is 47.4 Å². The van der Waals surface area contributed by atoms with Crippen molar-refractivity contribution in [2.75, 3.05) is 11.9 Å². The molecule has 1 amide bonds. The summed E-state index contributed by atoms with van der Waals surface area (Å²) in [6.45, 7) is 11.0. The molecule has 5 rings (SSSR count). The summed E-state index contributed by atoms with van der Waals surface area (Å²) >= 11 is 3.39. The minimum Gasteiger partial charge on any atom is -0.312 e. The molecule has 32 heavy (non-hydrogen) atoms. The number of thiazole rings is 1. The number of para-hydroxylation sites is 1. The van der Waals surface area contributed by atoms with Crippen LogP contribution in [0.4, 0.5) is 5.00 Å². The van der Waals surface area contributed by atoms with Gasteiger partial charge in [0.2, 0.25) is 0 Å². The number of aromatic nitrogens is 3. The fraction of sp³-hybridized carbons (Fsp3) is 0.375. The molecule has 4 aromatic rings. The van der Waals surface area contributed by atoms with Crippen LogP contribution in [-0.2, 0) is 19.5 Å². The molecule has 0 aliphatic carbocycles. The summed E-state index contributed by atoms with van der Waals surface area (Å²) in [4.78, 5) is 22.0. The molecule has 0 saturated heterocycles. The molecule has 0 saturated carbocycles. The normalized spacial score (nSPS) is 14.3. The van der Waals surface area contributed by atoms with Crippen molar-refractivity contribution in [3.05, 3.63) is 52.2 Å². The van der Waals surface area contributed by atoms with Crippen LogP contribution >= 0.6 is 22.7 Å². The average molecular weight is 466 g/mol. The van der Waals surface area contributed by atoms with Gasteiger partial charge in [0.05, 0.1) is 15.9 Å². The lowest BCUT2D eigenvalue weighted by molar-refractivity contribution is 0.101. The summed E-state index contributed by atoms with van der Waals surface area (Å²) in [7, 11) is 0. The molecule has 8 heteroatoms. The molecule has 4 heterocycles. The molecule has 0 atom stereocenters. The fourth-order valence-corrected chi connectivity index (χ4v) is 6.67. The van der Waals surface area contributed by atoms with Crippen LogP contribution < -0.4 is 5.32 Å². The Morgan fingerprint density at radius 3 is 2.81 bits per heavy atom. The fourth-order valence-electron chi connectivity index (χ4n) is 4.29. The van der Waals surface area contributed by atoms with Crippen molar-refractivity contribution in [1.29, 1.82) is 0 Å². The maximum Gasteiger partial charge on any atom is 0.274 e. The summed E-state index contributed by atoms with van der Waals surface area (Å²) < 4.78 is 2.93. The van der Waals surface area contributed by atoms with Gasteiger partial charge in [0.1, 0.15) is 15.7 Å². The number of carbonyl (C=O) groups excluding carboxylic acids is 1. The van der Waals surface area contributed by atoms with Crippen molar-refractivity contribution in [3.8, 4) is 10.6 Å². The number of nitrogens with one attached hydrogen (secondary N) is 1. The first-order valence-corrected chi connectivity index (χ1v) is 12.7. The molecule has 6 nitrogen and oxygen atoms in total. The van der Waals surface area contributed by atoms with Crippen LogP contribution in [0.3, 0.4) is 0 Å². The van der Waals surface area contributed by atoms with Crippen molar-refractivity contribution < 1.29 is 4.79 Å². The van der Waals surface area contributed by atoms with Gasteiger partial charge in [0.15, 0.2) is 0 Å². The van der Waals surface area contributed by atoms with E-state index in [1.165, 1.54) is 15.1 Å². The number of amides is 1. The topological polar surface area (TPSA) is 63.1 Å². The maximum atomic E-state index is 13.3. The van der Waals surface area contributed by atoms with Crippen molar-refractivity contribution in [2.24, 2.45) is 0 Å². The molecule has 0 radical (unpaired) electrons. The largest absolute Gasteiger partial charge is 0.312 e. The zero-order valence-electron chi connectivity index (χ0n) is 18.8. The van der Waals surface area contributed by atoms with Gasteiger partial charge in [-0.2, -0.15) is 5.10 Å². The van der Waals surface area contributed by atoms with Gasteiger partial charge in [-0.1, -0.05) is 12.1 Å². The number of anilines is 1. The number of hydrogen-bond donors (Lipinski definition) is 1. The van der Waals surface area contributed by atoms with Crippen molar-refractivity contribution in [3.63, 3.8) is 0 Å². The van der Waals surface area contributed by atoms with Crippen LogP contribution in [0.2, 0.25) is 0 Å². The number of fused-ring (bicyclic) bond motifs is 2. The SMILES string of the molecule is CCn1nc(C)cc1C(=O)Nc1sc2c(c1-c1nc3ccccc3s1)CCN(C(C)C)C2. The summed E-state index contributed by atoms with van der Waals surface area (Å²) in [6, 6.07) is 10.6. The Kier molecular flexibility index (Phi) is 5.61. The first kappa shape index (κ1) is 21.3. The lowest BCUT2D eigenvalue weighted by Crippen LogP contribution is -2.35. The molecule has 0 spiro atoms. The molecule has 0 bridgehead atoms. The third-order valence-electron chi connectivity index (χ3n) is 5.99. The van der Waals surface area contributed by atoms with E-state index in [0.29, 0.717) is 18.3 Å². The predicted molar refractivity (Wildman–Crippen MR) is 133 cm³/mol. The summed E-state index contributed by atoms with van der Waals surface area (Å²) in [5.41, 5.74) is 4.88. The Morgan fingerprint density at radius 1 is 1.25 bits per heavy atom. The molecule has 166 valence electrons. The van der Waals surface area contributed by atoms with Gasteiger partial charge in [0, 0.05) is 36.1 Å². The number of nitrogens with zero attached hydrogens (tertiary/aromatic N) is 4. The lowest BCUT2D eigenvalue weighted by Gasteiger charge is -2.30. The number of benzene rings is 1. The zero-order chi connectivity index (χ0) is 22.4. The van der Waals surface area contributed by atoms with Gasteiger partial charge < -0.3 is 5.32 Å². The Morgan fingerprint density at radius 2 is 2.06 bits per heavy atom. The first-order valence-electron chi connectivity index (χ1n) is 11.0. The van der Waals surface area contributed by atoms with E-state index in [4.69, 9.17) is 4.98 Å². The Bertz CT molecular complexity index is 1270. The second-order valence-corrected chi connectivity index (χ2v) is 10.6. The van der Waals surface area contributed by atoms with Gasteiger partial charge in [-0.15, -0.1) is 22.7 Å². The minimum absolute atomic E-state index is 0.117. The zero-order valence-corrected chi connectivity index (χ0v) is 20.4. The van der Waals surface area contributed by atoms with Crippen LogP contribution in [-0.4, -0.2) is 38.2 Å². The van der Waals surface area contributed by atoms with Crippen LogP contribution in [0, 0.1) is 6.92 Å². The summed E-state index contributed by atoms with van der Waals surface area (Å²) in [6.07, 6.45) is 0.969. The van der Waals surface area contributed by atoms with Crippen molar-refractivity contribution in [1.82, 2.24) is 19.7 Å². The number of hydrogen-bond acceptors (Lipinski definition) is 6. The molecule has 0 unspecified atom stereocenters. The van der Waals surface area contributed by atoms with E-state index in [-0.39, 0.29) is 5.91 Å². The Balaban J connectivity index is 1.59. The highest BCUT2D eigenvalue weighted by Crippen LogP contribution is 2.46. The Hall–Kier alpha value is -2.55.